The molecular weight excluding hydrogens is 332 g/mol. The van der Waals surface area contributed by atoms with Crippen LogP contribution < -0.4 is 4.90 Å². The van der Waals surface area contributed by atoms with Crippen LogP contribution in [0.25, 0.3) is 0 Å². The lowest BCUT2D eigenvalue weighted by Gasteiger charge is -2.31. The Morgan fingerprint density at radius 2 is 1.52 bits per heavy atom. The van der Waals surface area contributed by atoms with E-state index in [4.69, 9.17) is 0 Å². The van der Waals surface area contributed by atoms with Crippen molar-refractivity contribution in [1.29, 1.82) is 0 Å². The quantitative estimate of drug-likeness (QED) is 0.604. The van der Waals surface area contributed by atoms with Gasteiger partial charge in [0.25, 0.3) is 0 Å². The smallest absolute Gasteiger partial charge is 0.0813 e. The van der Waals surface area contributed by atoms with Crippen LogP contribution in [0, 0.1) is 0 Å². The Hall–Kier alpha value is -2.65. The maximum atomic E-state index is 10.8. The molecule has 2 atom stereocenters. The number of benzene rings is 2. The lowest BCUT2D eigenvalue weighted by molar-refractivity contribution is 0.156. The van der Waals surface area contributed by atoms with Gasteiger partial charge < -0.3 is 10.0 Å². The van der Waals surface area contributed by atoms with Crippen molar-refractivity contribution in [2.45, 2.75) is 38.3 Å². The molecule has 1 heterocycles. The molecule has 0 aliphatic heterocycles. The highest BCUT2D eigenvalue weighted by atomic mass is 16.3. The molecular formula is C24H28N2O. The highest BCUT2D eigenvalue weighted by Crippen LogP contribution is 2.33. The molecule has 140 valence electrons. The molecule has 0 amide bonds. The summed E-state index contributed by atoms with van der Waals surface area (Å²) in [7, 11) is 2.07. The number of nitrogens with zero attached hydrogens (tertiary/aromatic N) is 2. The highest BCUT2D eigenvalue weighted by Gasteiger charge is 2.23. The minimum Gasteiger partial charge on any atom is -0.388 e. The lowest BCUT2D eigenvalue weighted by Crippen LogP contribution is -2.26. The normalized spacial score (nSPS) is 13.4. The number of aromatic nitrogens is 1. The van der Waals surface area contributed by atoms with Crippen molar-refractivity contribution in [3.63, 3.8) is 0 Å². The average molecular weight is 361 g/mol. The summed E-state index contributed by atoms with van der Waals surface area (Å²) in [6.07, 6.45) is 1.84. The second-order valence-corrected chi connectivity index (χ2v) is 7.29. The predicted octanol–water partition coefficient (Wildman–Crippen LogP) is 5.51. The molecule has 1 aromatic heterocycles. The Morgan fingerprint density at radius 1 is 0.852 bits per heavy atom. The molecule has 3 nitrogen and oxygen atoms in total. The number of aliphatic hydroxyl groups is 1. The van der Waals surface area contributed by atoms with Gasteiger partial charge in [-0.2, -0.15) is 0 Å². The molecule has 0 fully saturated rings. The molecule has 2 aromatic carbocycles. The molecule has 0 aliphatic carbocycles. The van der Waals surface area contributed by atoms with Crippen molar-refractivity contribution in [2.24, 2.45) is 0 Å². The molecule has 3 heteroatoms. The van der Waals surface area contributed by atoms with E-state index < -0.39 is 6.10 Å². The van der Waals surface area contributed by atoms with Gasteiger partial charge in [-0.3, -0.25) is 4.98 Å². The Bertz CT molecular complexity index is 816. The summed E-state index contributed by atoms with van der Waals surface area (Å²) in [6, 6.07) is 24.4. The number of anilines is 1. The molecule has 1 N–H and O–H groups in total. The third-order valence-corrected chi connectivity index (χ3v) is 5.09. The van der Waals surface area contributed by atoms with Crippen molar-refractivity contribution in [2.75, 3.05) is 11.9 Å². The molecule has 2 unspecified atom stereocenters. The molecule has 0 radical (unpaired) electrons. The summed E-state index contributed by atoms with van der Waals surface area (Å²) in [5.41, 5.74) is 4.34. The van der Waals surface area contributed by atoms with E-state index in [2.05, 4.69) is 55.0 Å². The van der Waals surface area contributed by atoms with Crippen molar-refractivity contribution >= 4 is 5.69 Å². The monoisotopic (exact) mass is 360 g/mol. The Morgan fingerprint density at radius 3 is 2.11 bits per heavy atom. The summed E-state index contributed by atoms with van der Waals surface area (Å²) in [4.78, 5) is 6.77. The van der Waals surface area contributed by atoms with Crippen molar-refractivity contribution in [3.05, 3.63) is 95.8 Å². The molecule has 0 saturated carbocycles. The van der Waals surface area contributed by atoms with E-state index in [1.54, 1.807) is 0 Å². The molecule has 0 saturated heterocycles. The van der Waals surface area contributed by atoms with Gasteiger partial charge in [0, 0.05) is 25.4 Å². The minimum absolute atomic E-state index is 0.0219. The van der Waals surface area contributed by atoms with Crippen LogP contribution in [0.15, 0.2) is 79.0 Å². The molecule has 27 heavy (non-hydrogen) atoms. The maximum absolute atomic E-state index is 10.8. The predicted molar refractivity (Wildman–Crippen MR) is 112 cm³/mol. The topological polar surface area (TPSA) is 36.4 Å². The fourth-order valence-corrected chi connectivity index (χ4v) is 3.35. The Labute approximate surface area is 162 Å². The Kier molecular flexibility index (Phi) is 6.25. The number of hydrogen-bond donors (Lipinski definition) is 1. The summed E-state index contributed by atoms with van der Waals surface area (Å²) < 4.78 is 0. The van der Waals surface area contributed by atoms with Crippen LogP contribution in [0.3, 0.4) is 0 Å². The fourth-order valence-electron chi connectivity index (χ4n) is 3.35. The van der Waals surface area contributed by atoms with Gasteiger partial charge in [0.15, 0.2) is 0 Å². The third-order valence-electron chi connectivity index (χ3n) is 5.09. The van der Waals surface area contributed by atoms with Crippen molar-refractivity contribution in [1.82, 2.24) is 4.98 Å². The second-order valence-electron chi connectivity index (χ2n) is 7.29. The fraction of sp³-hybridized carbons (Fsp3) is 0.292. The van der Waals surface area contributed by atoms with Crippen LogP contribution in [-0.4, -0.2) is 17.1 Å². The van der Waals surface area contributed by atoms with Gasteiger partial charge in [0.2, 0.25) is 0 Å². The van der Waals surface area contributed by atoms with E-state index >= 15 is 0 Å². The van der Waals surface area contributed by atoms with E-state index in [0.29, 0.717) is 12.3 Å². The van der Waals surface area contributed by atoms with Gasteiger partial charge in [-0.15, -0.1) is 0 Å². The van der Waals surface area contributed by atoms with Gasteiger partial charge in [0.05, 0.1) is 17.8 Å². The molecule has 0 spiro atoms. The average Bonchev–Trinajstić information content (AvgIpc) is 2.72. The van der Waals surface area contributed by atoms with Crippen LogP contribution in [-0.2, 0) is 0 Å². The van der Waals surface area contributed by atoms with E-state index in [-0.39, 0.29) is 6.04 Å². The maximum Gasteiger partial charge on any atom is 0.0813 e. The first-order valence-electron chi connectivity index (χ1n) is 9.53. The number of hydrogen-bond acceptors (Lipinski definition) is 3. The van der Waals surface area contributed by atoms with Crippen LogP contribution in [0.2, 0.25) is 0 Å². The first-order valence-corrected chi connectivity index (χ1v) is 9.53. The zero-order chi connectivity index (χ0) is 19.2. The van der Waals surface area contributed by atoms with E-state index in [0.717, 1.165) is 16.9 Å². The standard InChI is InChI=1S/C24H28N2O/c1-18(2)19-12-14-21(15-13-19)26(3)23(22-11-7-8-16-25-22)17-24(27)20-9-5-4-6-10-20/h4-16,18,23-24,27H,17H2,1-3H3. The van der Waals surface area contributed by atoms with Gasteiger partial charge in [0.1, 0.15) is 0 Å². The van der Waals surface area contributed by atoms with E-state index in [9.17, 15) is 5.11 Å². The first kappa shape index (κ1) is 19.1. The second kappa shape index (κ2) is 8.83. The van der Waals surface area contributed by atoms with Gasteiger partial charge in [-0.1, -0.05) is 62.4 Å². The largest absolute Gasteiger partial charge is 0.388 e. The molecule has 3 rings (SSSR count). The highest BCUT2D eigenvalue weighted by molar-refractivity contribution is 5.49. The van der Waals surface area contributed by atoms with Crippen LogP contribution in [0.5, 0.6) is 0 Å². The number of aliphatic hydroxyl groups excluding tert-OH is 1. The summed E-state index contributed by atoms with van der Waals surface area (Å²) >= 11 is 0. The SMILES string of the molecule is CC(C)c1ccc(N(C)C(CC(O)c2ccccc2)c2ccccn2)cc1. The summed E-state index contributed by atoms with van der Waals surface area (Å²) in [5.74, 6) is 0.510. The van der Waals surface area contributed by atoms with Crippen molar-refractivity contribution < 1.29 is 5.11 Å². The van der Waals surface area contributed by atoms with Crippen LogP contribution in [0.4, 0.5) is 5.69 Å². The molecule has 0 bridgehead atoms. The third kappa shape index (κ3) is 4.75. The number of pyridine rings is 1. The van der Waals surface area contributed by atoms with E-state index in [1.165, 1.54) is 5.56 Å². The van der Waals surface area contributed by atoms with Gasteiger partial charge in [-0.25, -0.2) is 0 Å². The van der Waals surface area contributed by atoms with Crippen LogP contribution in [0.1, 0.15) is 55.2 Å². The van der Waals surface area contributed by atoms with Crippen LogP contribution >= 0.6 is 0 Å². The minimum atomic E-state index is -0.546. The summed E-state index contributed by atoms with van der Waals surface area (Å²) in [5, 5.41) is 10.8. The van der Waals surface area contributed by atoms with E-state index in [1.807, 2.05) is 54.7 Å². The van der Waals surface area contributed by atoms with Gasteiger partial charge in [-0.05, 0) is 41.3 Å². The number of rotatable bonds is 7. The van der Waals surface area contributed by atoms with Gasteiger partial charge >= 0.3 is 0 Å². The first-order chi connectivity index (χ1) is 13.1. The summed E-state index contributed by atoms with van der Waals surface area (Å²) in [6.45, 7) is 4.40. The van der Waals surface area contributed by atoms with Crippen molar-refractivity contribution in [3.8, 4) is 0 Å². The Balaban J connectivity index is 1.87. The molecule has 0 aliphatic rings. The zero-order valence-electron chi connectivity index (χ0n) is 16.3. The lowest BCUT2D eigenvalue weighted by atomic mass is 9.97. The zero-order valence-corrected chi connectivity index (χ0v) is 16.3. The molecule has 3 aromatic rings.